The lowest BCUT2D eigenvalue weighted by Gasteiger charge is -2.40. The molecule has 0 radical (unpaired) electrons. The maximum atomic E-state index is 5.48. The average Bonchev–Trinajstić information content (AvgIpc) is 3.15. The second kappa shape index (κ2) is 12.6. The number of benzene rings is 1. The first-order chi connectivity index (χ1) is 15.6. The van der Waals surface area contributed by atoms with Gasteiger partial charge in [-0.1, -0.05) is 37.3 Å². The summed E-state index contributed by atoms with van der Waals surface area (Å²) in [5.41, 5.74) is 1.41. The Morgan fingerprint density at radius 1 is 1.12 bits per heavy atom. The number of piperazine rings is 1. The van der Waals surface area contributed by atoms with Gasteiger partial charge in [-0.25, -0.2) is 4.99 Å². The molecule has 0 bridgehead atoms. The van der Waals surface area contributed by atoms with Gasteiger partial charge in [0.1, 0.15) is 12.4 Å². The summed E-state index contributed by atoms with van der Waals surface area (Å²) in [6, 6.07) is 11.3. The number of rotatable bonds is 10. The number of ether oxygens (including phenoxy) is 1. The van der Waals surface area contributed by atoms with Gasteiger partial charge in [-0.05, 0) is 32.3 Å². The van der Waals surface area contributed by atoms with E-state index in [1.165, 1.54) is 5.56 Å². The van der Waals surface area contributed by atoms with Crippen LogP contribution in [0.25, 0.3) is 0 Å². The van der Waals surface area contributed by atoms with Crippen LogP contribution in [-0.2, 0) is 18.3 Å². The van der Waals surface area contributed by atoms with E-state index in [9.17, 15) is 0 Å². The number of aromatic nitrogens is 3. The molecule has 0 amide bonds. The number of aliphatic imine (C=N–C) groups is 1. The van der Waals surface area contributed by atoms with Crippen LogP contribution in [0.4, 0.5) is 0 Å². The Morgan fingerprint density at radius 2 is 1.88 bits per heavy atom. The molecule has 1 N–H and O–H groups in total. The fourth-order valence-electron chi connectivity index (χ4n) is 4.15. The molecule has 1 aliphatic heterocycles. The van der Waals surface area contributed by atoms with Crippen LogP contribution in [0, 0.1) is 6.92 Å². The lowest BCUT2D eigenvalue weighted by Crippen LogP contribution is -2.53. The molecule has 0 saturated carbocycles. The molecule has 176 valence electrons. The topological polar surface area (TPSA) is 70.8 Å². The van der Waals surface area contributed by atoms with Crippen molar-refractivity contribution >= 4 is 5.96 Å². The lowest BCUT2D eigenvalue weighted by molar-refractivity contribution is 0.126. The average molecular weight is 442 g/mol. The predicted octanol–water partition coefficient (Wildman–Crippen LogP) is 2.76. The number of nitrogens with zero attached hydrogens (tertiary/aromatic N) is 6. The van der Waals surface area contributed by atoms with Crippen LogP contribution in [0.2, 0.25) is 0 Å². The SMILES string of the molecule is CCOCCCNC(=NCc1nnc(C)n1C)N1CCN(C(CC)c2ccccc2)CC1. The number of aryl methyl sites for hydroxylation is 1. The number of guanidine groups is 1. The molecule has 3 rings (SSSR count). The third-order valence-corrected chi connectivity index (χ3v) is 6.13. The third-order valence-electron chi connectivity index (χ3n) is 6.13. The second-order valence-corrected chi connectivity index (χ2v) is 8.20. The molecule has 32 heavy (non-hydrogen) atoms. The van der Waals surface area contributed by atoms with Crippen molar-refractivity contribution in [3.8, 4) is 0 Å². The Balaban J connectivity index is 1.62. The van der Waals surface area contributed by atoms with Crippen LogP contribution < -0.4 is 5.32 Å². The highest BCUT2D eigenvalue weighted by atomic mass is 16.5. The van der Waals surface area contributed by atoms with Crippen molar-refractivity contribution in [2.24, 2.45) is 12.0 Å². The predicted molar refractivity (Wildman–Crippen MR) is 129 cm³/mol. The standard InChI is InChI=1S/C24H39N7O/c1-5-22(21-11-8-7-9-12-21)30-14-16-31(17-15-30)24(25-13-10-18-32-6-2)26-19-23-28-27-20(3)29(23)4/h7-9,11-12,22H,5-6,10,13-19H2,1-4H3,(H,25,26). The van der Waals surface area contributed by atoms with Gasteiger partial charge in [-0.2, -0.15) is 0 Å². The Bertz CT molecular complexity index is 828. The van der Waals surface area contributed by atoms with Crippen LogP contribution in [0.1, 0.15) is 49.9 Å². The van der Waals surface area contributed by atoms with Crippen molar-refractivity contribution in [3.05, 3.63) is 47.5 Å². The lowest BCUT2D eigenvalue weighted by atomic mass is 10.0. The van der Waals surface area contributed by atoms with Crippen molar-refractivity contribution < 1.29 is 4.74 Å². The van der Waals surface area contributed by atoms with Crippen LogP contribution in [0.5, 0.6) is 0 Å². The molecule has 0 spiro atoms. The van der Waals surface area contributed by atoms with Gasteiger partial charge in [-0.3, -0.25) is 4.90 Å². The number of nitrogens with one attached hydrogen (secondary N) is 1. The molecule has 1 atom stereocenters. The summed E-state index contributed by atoms with van der Waals surface area (Å²) in [6.07, 6.45) is 2.08. The van der Waals surface area contributed by atoms with E-state index in [0.29, 0.717) is 12.6 Å². The fraction of sp³-hybridized carbons (Fsp3) is 0.625. The highest BCUT2D eigenvalue weighted by Gasteiger charge is 2.25. The first-order valence-corrected chi connectivity index (χ1v) is 11.9. The van der Waals surface area contributed by atoms with Gasteiger partial charge in [0.05, 0.1) is 0 Å². The van der Waals surface area contributed by atoms with E-state index in [-0.39, 0.29) is 0 Å². The highest BCUT2D eigenvalue weighted by molar-refractivity contribution is 5.80. The van der Waals surface area contributed by atoms with Crippen LogP contribution in [0.15, 0.2) is 35.3 Å². The minimum atomic E-state index is 0.472. The summed E-state index contributed by atoms with van der Waals surface area (Å²) < 4.78 is 7.48. The summed E-state index contributed by atoms with van der Waals surface area (Å²) in [5.74, 6) is 2.74. The Labute approximate surface area is 192 Å². The summed E-state index contributed by atoms with van der Waals surface area (Å²) in [7, 11) is 1.99. The van der Waals surface area contributed by atoms with Crippen LogP contribution >= 0.6 is 0 Å². The van der Waals surface area contributed by atoms with Crippen molar-refractivity contribution in [3.63, 3.8) is 0 Å². The molecule has 1 fully saturated rings. The molecule has 1 saturated heterocycles. The van der Waals surface area contributed by atoms with Gasteiger partial charge in [0.2, 0.25) is 0 Å². The van der Waals surface area contributed by atoms with E-state index in [4.69, 9.17) is 9.73 Å². The minimum absolute atomic E-state index is 0.472. The first kappa shape index (κ1) is 24.2. The summed E-state index contributed by atoms with van der Waals surface area (Å²) in [5, 5.41) is 12.0. The zero-order valence-corrected chi connectivity index (χ0v) is 20.1. The molecular formula is C24H39N7O. The molecule has 8 heteroatoms. The first-order valence-electron chi connectivity index (χ1n) is 11.9. The van der Waals surface area contributed by atoms with Crippen molar-refractivity contribution in [1.82, 2.24) is 29.9 Å². The fourth-order valence-corrected chi connectivity index (χ4v) is 4.15. The molecule has 1 aromatic carbocycles. The summed E-state index contributed by atoms with van der Waals surface area (Å²) in [6.45, 7) is 13.1. The maximum absolute atomic E-state index is 5.48. The third kappa shape index (κ3) is 6.53. The maximum Gasteiger partial charge on any atom is 0.194 e. The Morgan fingerprint density at radius 3 is 2.50 bits per heavy atom. The largest absolute Gasteiger partial charge is 0.382 e. The van der Waals surface area contributed by atoms with Crippen LogP contribution in [0.3, 0.4) is 0 Å². The van der Waals surface area contributed by atoms with Gasteiger partial charge in [0, 0.05) is 59.0 Å². The Hall–Kier alpha value is -2.45. The zero-order valence-electron chi connectivity index (χ0n) is 20.1. The summed E-state index contributed by atoms with van der Waals surface area (Å²) >= 11 is 0. The smallest absolute Gasteiger partial charge is 0.194 e. The molecular weight excluding hydrogens is 402 g/mol. The molecule has 0 aliphatic carbocycles. The van der Waals surface area contributed by atoms with Crippen molar-refractivity contribution in [1.29, 1.82) is 0 Å². The van der Waals surface area contributed by atoms with Crippen LogP contribution in [-0.4, -0.2) is 76.5 Å². The molecule has 1 unspecified atom stereocenters. The quantitative estimate of drug-likeness (QED) is 0.347. The van der Waals surface area contributed by atoms with Crippen molar-refractivity contribution in [2.75, 3.05) is 45.9 Å². The Kier molecular flexibility index (Phi) is 9.49. The zero-order chi connectivity index (χ0) is 22.8. The van der Waals surface area contributed by atoms with Gasteiger partial charge < -0.3 is 19.5 Å². The molecule has 2 heterocycles. The highest BCUT2D eigenvalue weighted by Crippen LogP contribution is 2.25. The van der Waals surface area contributed by atoms with E-state index in [0.717, 1.165) is 76.4 Å². The van der Waals surface area contributed by atoms with E-state index in [1.807, 2.05) is 25.5 Å². The number of hydrogen-bond donors (Lipinski definition) is 1. The minimum Gasteiger partial charge on any atom is -0.382 e. The molecule has 8 nitrogen and oxygen atoms in total. The molecule has 1 aliphatic rings. The van der Waals surface area contributed by atoms with E-state index < -0.39 is 0 Å². The van der Waals surface area contributed by atoms with Crippen molar-refractivity contribution in [2.45, 2.75) is 46.2 Å². The van der Waals surface area contributed by atoms with E-state index in [1.54, 1.807) is 0 Å². The molecule has 1 aromatic heterocycles. The second-order valence-electron chi connectivity index (χ2n) is 8.20. The number of hydrogen-bond acceptors (Lipinski definition) is 5. The normalized spacial score (nSPS) is 16.4. The van der Waals surface area contributed by atoms with Gasteiger partial charge in [0.15, 0.2) is 11.8 Å². The van der Waals surface area contributed by atoms with E-state index in [2.05, 4.69) is 62.6 Å². The molecule has 2 aromatic rings. The van der Waals surface area contributed by atoms with Gasteiger partial charge >= 0.3 is 0 Å². The monoisotopic (exact) mass is 441 g/mol. The summed E-state index contributed by atoms with van der Waals surface area (Å²) in [4.78, 5) is 9.88. The van der Waals surface area contributed by atoms with Gasteiger partial charge in [0.25, 0.3) is 0 Å². The van der Waals surface area contributed by atoms with E-state index >= 15 is 0 Å². The van der Waals surface area contributed by atoms with Gasteiger partial charge in [-0.15, -0.1) is 10.2 Å².